The molecule has 2 aliphatic rings. The van der Waals surface area contributed by atoms with Gasteiger partial charge in [-0.25, -0.2) is 0 Å². The van der Waals surface area contributed by atoms with Crippen LogP contribution in [0.5, 0.6) is 0 Å². The Bertz CT molecular complexity index is 612. The first-order chi connectivity index (χ1) is 10.3. The SMILES string of the molecule is CN1CC[C@@H]2CN(c3nnc(Cc4ccccc4)s3)C[C@@H]21. The fourth-order valence-corrected chi connectivity index (χ4v) is 4.43. The number of fused-ring (bicyclic) bond motifs is 1. The third kappa shape index (κ3) is 2.56. The Hall–Kier alpha value is -1.46. The van der Waals surface area contributed by atoms with Gasteiger partial charge in [0.1, 0.15) is 5.01 Å². The van der Waals surface area contributed by atoms with E-state index in [1.54, 1.807) is 11.3 Å². The van der Waals surface area contributed by atoms with Crippen molar-refractivity contribution >= 4 is 16.5 Å². The van der Waals surface area contributed by atoms with Crippen molar-refractivity contribution in [3.8, 4) is 0 Å². The Morgan fingerprint density at radius 1 is 1.19 bits per heavy atom. The van der Waals surface area contributed by atoms with Gasteiger partial charge >= 0.3 is 0 Å². The summed E-state index contributed by atoms with van der Waals surface area (Å²) in [6.45, 7) is 3.51. The third-order valence-electron chi connectivity index (χ3n) is 4.75. The molecule has 2 saturated heterocycles. The number of aromatic nitrogens is 2. The molecule has 110 valence electrons. The van der Waals surface area contributed by atoms with E-state index < -0.39 is 0 Å². The Morgan fingerprint density at radius 2 is 2.05 bits per heavy atom. The maximum atomic E-state index is 4.42. The van der Waals surface area contributed by atoms with Crippen LogP contribution in [-0.4, -0.2) is 47.8 Å². The zero-order valence-electron chi connectivity index (χ0n) is 12.3. The molecule has 21 heavy (non-hydrogen) atoms. The van der Waals surface area contributed by atoms with Gasteiger partial charge in [-0.2, -0.15) is 0 Å². The molecule has 2 aliphatic heterocycles. The van der Waals surface area contributed by atoms with E-state index in [4.69, 9.17) is 0 Å². The second-order valence-electron chi connectivity index (χ2n) is 6.14. The summed E-state index contributed by atoms with van der Waals surface area (Å²) < 4.78 is 0. The molecule has 0 aliphatic carbocycles. The van der Waals surface area contributed by atoms with E-state index in [0.717, 1.165) is 35.6 Å². The molecule has 4 nitrogen and oxygen atoms in total. The predicted molar refractivity (Wildman–Crippen MR) is 85.9 cm³/mol. The van der Waals surface area contributed by atoms with Gasteiger partial charge in [0, 0.05) is 25.6 Å². The highest BCUT2D eigenvalue weighted by Gasteiger charge is 2.40. The van der Waals surface area contributed by atoms with E-state index in [-0.39, 0.29) is 0 Å². The van der Waals surface area contributed by atoms with Gasteiger partial charge in [-0.15, -0.1) is 10.2 Å². The average molecular weight is 300 g/mol. The third-order valence-corrected chi connectivity index (χ3v) is 5.73. The highest BCUT2D eigenvalue weighted by Crippen LogP contribution is 2.34. The number of nitrogens with zero attached hydrogens (tertiary/aromatic N) is 4. The van der Waals surface area contributed by atoms with Crippen LogP contribution >= 0.6 is 11.3 Å². The molecule has 2 atom stereocenters. The normalized spacial score (nSPS) is 25.5. The summed E-state index contributed by atoms with van der Waals surface area (Å²) in [7, 11) is 2.25. The van der Waals surface area contributed by atoms with E-state index in [0.29, 0.717) is 6.04 Å². The van der Waals surface area contributed by atoms with Gasteiger partial charge in [-0.3, -0.25) is 0 Å². The van der Waals surface area contributed by atoms with Gasteiger partial charge in [0.2, 0.25) is 5.13 Å². The van der Waals surface area contributed by atoms with Crippen LogP contribution in [0.2, 0.25) is 0 Å². The summed E-state index contributed by atoms with van der Waals surface area (Å²) in [4.78, 5) is 4.92. The van der Waals surface area contributed by atoms with Crippen LogP contribution in [0.3, 0.4) is 0 Å². The van der Waals surface area contributed by atoms with Crippen LogP contribution < -0.4 is 4.90 Å². The Kier molecular flexibility index (Phi) is 3.39. The lowest BCUT2D eigenvalue weighted by molar-refractivity contribution is 0.310. The van der Waals surface area contributed by atoms with Crippen molar-refractivity contribution in [1.82, 2.24) is 15.1 Å². The van der Waals surface area contributed by atoms with E-state index in [2.05, 4.69) is 57.4 Å². The topological polar surface area (TPSA) is 32.3 Å². The van der Waals surface area contributed by atoms with Crippen LogP contribution in [-0.2, 0) is 6.42 Å². The molecular weight excluding hydrogens is 280 g/mol. The monoisotopic (exact) mass is 300 g/mol. The second kappa shape index (κ2) is 5.39. The molecule has 0 saturated carbocycles. The molecule has 4 rings (SSSR count). The Balaban J connectivity index is 1.46. The molecule has 0 spiro atoms. The zero-order valence-corrected chi connectivity index (χ0v) is 13.1. The van der Waals surface area contributed by atoms with E-state index in [1.807, 2.05) is 0 Å². The minimum atomic E-state index is 0.714. The Labute approximate surface area is 129 Å². The van der Waals surface area contributed by atoms with Crippen LogP contribution in [0.15, 0.2) is 30.3 Å². The average Bonchev–Trinajstić information content (AvgIpc) is 3.18. The van der Waals surface area contributed by atoms with Crippen molar-refractivity contribution in [1.29, 1.82) is 0 Å². The predicted octanol–water partition coefficient (Wildman–Crippen LogP) is 2.27. The molecule has 5 heteroatoms. The highest BCUT2D eigenvalue weighted by molar-refractivity contribution is 7.15. The fraction of sp³-hybridized carbons (Fsp3) is 0.500. The molecule has 0 amide bonds. The quantitative estimate of drug-likeness (QED) is 0.870. The molecule has 1 aromatic carbocycles. The molecule has 0 bridgehead atoms. The molecular formula is C16H20N4S. The lowest BCUT2D eigenvalue weighted by Gasteiger charge is -2.19. The first-order valence-electron chi connectivity index (χ1n) is 7.61. The van der Waals surface area contributed by atoms with Crippen molar-refractivity contribution in [2.24, 2.45) is 5.92 Å². The summed E-state index contributed by atoms with van der Waals surface area (Å²) >= 11 is 1.75. The minimum absolute atomic E-state index is 0.714. The lowest BCUT2D eigenvalue weighted by Crippen LogP contribution is -2.32. The smallest absolute Gasteiger partial charge is 0.208 e. The van der Waals surface area contributed by atoms with Crippen LogP contribution in [0, 0.1) is 5.92 Å². The number of benzene rings is 1. The first kappa shape index (κ1) is 13.2. The number of likely N-dealkylation sites (N-methyl/N-ethyl adjacent to an activating group) is 1. The van der Waals surface area contributed by atoms with Gasteiger partial charge in [-0.05, 0) is 31.5 Å². The van der Waals surface area contributed by atoms with Crippen molar-refractivity contribution in [3.63, 3.8) is 0 Å². The summed E-state index contributed by atoms with van der Waals surface area (Å²) in [5.74, 6) is 0.816. The summed E-state index contributed by atoms with van der Waals surface area (Å²) in [6, 6.07) is 11.2. The number of rotatable bonds is 3. The van der Waals surface area contributed by atoms with Gasteiger partial charge in [0.25, 0.3) is 0 Å². The molecule has 0 N–H and O–H groups in total. The van der Waals surface area contributed by atoms with Gasteiger partial charge < -0.3 is 9.80 Å². The van der Waals surface area contributed by atoms with Crippen LogP contribution in [0.4, 0.5) is 5.13 Å². The van der Waals surface area contributed by atoms with E-state index in [1.165, 1.54) is 18.5 Å². The largest absolute Gasteiger partial charge is 0.345 e. The summed E-state index contributed by atoms with van der Waals surface area (Å²) in [5, 5.41) is 11.0. The van der Waals surface area contributed by atoms with Crippen molar-refractivity contribution < 1.29 is 0 Å². The number of hydrogen-bond acceptors (Lipinski definition) is 5. The number of anilines is 1. The van der Waals surface area contributed by atoms with Gasteiger partial charge in [-0.1, -0.05) is 41.7 Å². The van der Waals surface area contributed by atoms with Crippen molar-refractivity contribution in [2.45, 2.75) is 18.9 Å². The maximum Gasteiger partial charge on any atom is 0.208 e. The molecule has 3 heterocycles. The van der Waals surface area contributed by atoms with Gasteiger partial charge in [0.05, 0.1) is 0 Å². The maximum absolute atomic E-state index is 4.42. The lowest BCUT2D eigenvalue weighted by atomic mass is 10.1. The fourth-order valence-electron chi connectivity index (χ4n) is 3.54. The number of likely N-dealkylation sites (tertiary alicyclic amines) is 1. The standard InChI is InChI=1S/C16H20N4S/c1-19-8-7-13-10-20(11-14(13)19)16-18-17-15(21-16)9-12-5-3-2-4-6-12/h2-6,13-14H,7-11H2,1H3/t13-,14+/m1/s1. The van der Waals surface area contributed by atoms with Crippen molar-refractivity contribution in [3.05, 3.63) is 40.9 Å². The second-order valence-corrected chi connectivity index (χ2v) is 7.18. The van der Waals surface area contributed by atoms with Crippen LogP contribution in [0.25, 0.3) is 0 Å². The van der Waals surface area contributed by atoms with Crippen molar-refractivity contribution in [2.75, 3.05) is 31.6 Å². The van der Waals surface area contributed by atoms with Crippen LogP contribution in [0.1, 0.15) is 17.0 Å². The Morgan fingerprint density at radius 3 is 2.86 bits per heavy atom. The van der Waals surface area contributed by atoms with Gasteiger partial charge in [0.15, 0.2) is 0 Å². The number of hydrogen-bond donors (Lipinski definition) is 0. The summed E-state index contributed by atoms with van der Waals surface area (Å²) in [5.41, 5.74) is 1.30. The zero-order chi connectivity index (χ0) is 14.2. The summed E-state index contributed by atoms with van der Waals surface area (Å²) in [6.07, 6.45) is 2.21. The molecule has 2 aromatic rings. The molecule has 0 radical (unpaired) electrons. The van der Waals surface area contributed by atoms with E-state index >= 15 is 0 Å². The molecule has 1 aromatic heterocycles. The molecule has 0 unspecified atom stereocenters. The minimum Gasteiger partial charge on any atom is -0.345 e. The van der Waals surface area contributed by atoms with E-state index in [9.17, 15) is 0 Å². The first-order valence-corrected chi connectivity index (χ1v) is 8.43. The molecule has 2 fully saturated rings. The highest BCUT2D eigenvalue weighted by atomic mass is 32.1.